The molecule has 0 atom stereocenters. The van der Waals surface area contributed by atoms with E-state index in [-0.39, 0.29) is 0 Å². The van der Waals surface area contributed by atoms with Crippen molar-refractivity contribution >= 4 is 11.6 Å². The Kier molecular flexibility index (Phi) is 4.39. The van der Waals surface area contributed by atoms with Gasteiger partial charge in [0.05, 0.1) is 17.6 Å². The van der Waals surface area contributed by atoms with Gasteiger partial charge in [-0.2, -0.15) is 0 Å². The molecule has 0 saturated heterocycles. The van der Waals surface area contributed by atoms with Crippen LogP contribution in [-0.2, 0) is 12.3 Å². The summed E-state index contributed by atoms with van der Waals surface area (Å²) in [5, 5.41) is 8.29. The van der Waals surface area contributed by atoms with Crippen LogP contribution in [0.5, 0.6) is 0 Å². The van der Waals surface area contributed by atoms with E-state index >= 15 is 0 Å². The Hall–Kier alpha value is -0.570. The molecule has 0 aromatic carbocycles. The molecule has 1 aromatic heterocycles. The van der Waals surface area contributed by atoms with Crippen LogP contribution in [0.3, 0.4) is 0 Å². The van der Waals surface area contributed by atoms with Gasteiger partial charge in [0.15, 0.2) is 0 Å². The predicted octanol–water partition coefficient (Wildman–Crippen LogP) is 2.94. The molecule has 0 unspecified atom stereocenters. The highest BCUT2D eigenvalue weighted by Crippen LogP contribution is 2.19. The van der Waals surface area contributed by atoms with Crippen molar-refractivity contribution < 1.29 is 0 Å². The highest BCUT2D eigenvalue weighted by Gasteiger charge is 2.15. The van der Waals surface area contributed by atoms with Crippen LogP contribution in [-0.4, -0.2) is 15.0 Å². The van der Waals surface area contributed by atoms with Crippen molar-refractivity contribution in [2.24, 2.45) is 0 Å². The van der Waals surface area contributed by atoms with Crippen LogP contribution in [0.4, 0.5) is 0 Å². The topological polar surface area (TPSA) is 30.7 Å². The Morgan fingerprint density at radius 1 is 1.29 bits per heavy atom. The largest absolute Gasteiger partial charge is 0.246 e. The third-order valence-corrected chi connectivity index (χ3v) is 2.87. The summed E-state index contributed by atoms with van der Waals surface area (Å²) >= 11 is 5.80. The van der Waals surface area contributed by atoms with E-state index in [1.54, 1.807) is 0 Å². The standard InChI is InChI=1S/C10H18ClN3/c1-4-8(5-2)14-10(6-3)9(7-11)12-13-14/h8H,4-7H2,1-3H3. The van der Waals surface area contributed by atoms with Gasteiger partial charge in [0, 0.05) is 0 Å². The number of alkyl halides is 1. The Morgan fingerprint density at radius 2 is 1.93 bits per heavy atom. The normalized spacial score (nSPS) is 11.2. The van der Waals surface area contributed by atoms with Crippen molar-refractivity contribution in [3.63, 3.8) is 0 Å². The highest BCUT2D eigenvalue weighted by molar-refractivity contribution is 6.16. The molecule has 0 aliphatic heterocycles. The van der Waals surface area contributed by atoms with E-state index < -0.39 is 0 Å². The summed E-state index contributed by atoms with van der Waals surface area (Å²) in [6, 6.07) is 0.467. The second-order valence-corrected chi connectivity index (χ2v) is 3.65. The Morgan fingerprint density at radius 3 is 2.36 bits per heavy atom. The second-order valence-electron chi connectivity index (χ2n) is 3.38. The summed E-state index contributed by atoms with van der Waals surface area (Å²) < 4.78 is 2.04. The van der Waals surface area contributed by atoms with Crippen LogP contribution >= 0.6 is 11.6 Å². The van der Waals surface area contributed by atoms with Crippen molar-refractivity contribution in [3.8, 4) is 0 Å². The van der Waals surface area contributed by atoms with Gasteiger partial charge in [-0.25, -0.2) is 4.68 Å². The molecule has 0 fully saturated rings. The lowest BCUT2D eigenvalue weighted by Gasteiger charge is -2.15. The molecule has 14 heavy (non-hydrogen) atoms. The number of rotatable bonds is 5. The third kappa shape index (κ3) is 2.08. The van der Waals surface area contributed by atoms with Crippen LogP contribution in [0.2, 0.25) is 0 Å². The fourth-order valence-electron chi connectivity index (χ4n) is 1.74. The van der Waals surface area contributed by atoms with E-state index in [4.69, 9.17) is 11.6 Å². The third-order valence-electron chi connectivity index (χ3n) is 2.62. The summed E-state index contributed by atoms with van der Waals surface area (Å²) in [5.74, 6) is 0.462. The minimum absolute atomic E-state index is 0.462. The number of nitrogens with zero attached hydrogens (tertiary/aromatic N) is 3. The van der Waals surface area contributed by atoms with Gasteiger partial charge in [0.1, 0.15) is 5.69 Å². The van der Waals surface area contributed by atoms with Gasteiger partial charge in [-0.1, -0.05) is 26.0 Å². The van der Waals surface area contributed by atoms with E-state index in [9.17, 15) is 0 Å². The number of hydrogen-bond acceptors (Lipinski definition) is 2. The molecule has 3 nitrogen and oxygen atoms in total. The summed E-state index contributed by atoms with van der Waals surface area (Å²) in [6.07, 6.45) is 3.13. The zero-order valence-corrected chi connectivity index (χ0v) is 9.88. The lowest BCUT2D eigenvalue weighted by atomic mass is 10.1. The van der Waals surface area contributed by atoms with Gasteiger partial charge in [0.25, 0.3) is 0 Å². The molecule has 4 heteroatoms. The lowest BCUT2D eigenvalue weighted by Crippen LogP contribution is -2.12. The van der Waals surface area contributed by atoms with Crippen LogP contribution in [0.15, 0.2) is 0 Å². The zero-order valence-electron chi connectivity index (χ0n) is 9.13. The van der Waals surface area contributed by atoms with Crippen LogP contribution in [0.25, 0.3) is 0 Å². The molecule has 0 N–H and O–H groups in total. The Labute approximate surface area is 90.4 Å². The maximum atomic E-state index is 5.80. The molecule has 0 spiro atoms. The summed E-state index contributed by atoms with van der Waals surface area (Å²) in [4.78, 5) is 0. The first kappa shape index (κ1) is 11.5. The first-order valence-electron chi connectivity index (χ1n) is 5.27. The molecule has 0 saturated carbocycles. The molecule has 1 rings (SSSR count). The second kappa shape index (κ2) is 5.35. The maximum Gasteiger partial charge on any atom is 0.101 e. The lowest BCUT2D eigenvalue weighted by molar-refractivity contribution is 0.406. The van der Waals surface area contributed by atoms with Gasteiger partial charge in [-0.05, 0) is 19.3 Å². The van der Waals surface area contributed by atoms with Crippen LogP contribution in [0.1, 0.15) is 51.0 Å². The summed E-state index contributed by atoms with van der Waals surface area (Å²) in [7, 11) is 0. The van der Waals surface area contributed by atoms with Crippen LogP contribution in [0, 0.1) is 0 Å². The average molecular weight is 216 g/mol. The molecule has 0 aliphatic carbocycles. The first-order chi connectivity index (χ1) is 6.78. The number of aromatic nitrogens is 3. The Balaban J connectivity index is 3.01. The van der Waals surface area contributed by atoms with Crippen molar-refractivity contribution in [3.05, 3.63) is 11.4 Å². The summed E-state index contributed by atoms with van der Waals surface area (Å²) in [6.45, 7) is 6.47. The fraction of sp³-hybridized carbons (Fsp3) is 0.800. The predicted molar refractivity (Wildman–Crippen MR) is 58.6 cm³/mol. The van der Waals surface area contributed by atoms with Crippen molar-refractivity contribution in [2.75, 3.05) is 0 Å². The molecule has 0 bridgehead atoms. The van der Waals surface area contributed by atoms with E-state index in [2.05, 4.69) is 31.1 Å². The van der Waals surface area contributed by atoms with Crippen molar-refractivity contribution in [2.45, 2.75) is 52.0 Å². The highest BCUT2D eigenvalue weighted by atomic mass is 35.5. The minimum Gasteiger partial charge on any atom is -0.246 e. The van der Waals surface area contributed by atoms with E-state index in [0.717, 1.165) is 25.0 Å². The van der Waals surface area contributed by atoms with E-state index in [0.29, 0.717) is 11.9 Å². The number of halogens is 1. The molecular formula is C10H18ClN3. The molecule has 1 heterocycles. The van der Waals surface area contributed by atoms with Crippen LogP contribution < -0.4 is 0 Å². The fourth-order valence-corrected chi connectivity index (χ4v) is 1.95. The molecule has 0 amide bonds. The van der Waals surface area contributed by atoms with Gasteiger partial charge in [-0.3, -0.25) is 0 Å². The van der Waals surface area contributed by atoms with Gasteiger partial charge >= 0.3 is 0 Å². The smallest absolute Gasteiger partial charge is 0.101 e. The van der Waals surface area contributed by atoms with E-state index in [1.165, 1.54) is 5.69 Å². The molecule has 80 valence electrons. The van der Waals surface area contributed by atoms with Crippen molar-refractivity contribution in [1.82, 2.24) is 15.0 Å². The van der Waals surface area contributed by atoms with Gasteiger partial charge in [-0.15, -0.1) is 16.7 Å². The maximum absolute atomic E-state index is 5.80. The summed E-state index contributed by atoms with van der Waals surface area (Å²) in [5.41, 5.74) is 2.12. The zero-order chi connectivity index (χ0) is 10.6. The van der Waals surface area contributed by atoms with Gasteiger partial charge in [0.2, 0.25) is 0 Å². The SMILES string of the molecule is CCc1c(CCl)nnn1C(CC)CC. The number of hydrogen-bond donors (Lipinski definition) is 0. The van der Waals surface area contributed by atoms with Crippen molar-refractivity contribution in [1.29, 1.82) is 0 Å². The van der Waals surface area contributed by atoms with Gasteiger partial charge < -0.3 is 0 Å². The Bertz CT molecular complexity index is 279. The molecule has 0 aliphatic rings. The molecule has 0 radical (unpaired) electrons. The van der Waals surface area contributed by atoms with E-state index in [1.807, 2.05) is 4.68 Å². The molecule has 1 aromatic rings. The first-order valence-corrected chi connectivity index (χ1v) is 5.80. The quantitative estimate of drug-likeness (QED) is 0.708. The monoisotopic (exact) mass is 215 g/mol. The average Bonchev–Trinajstić information content (AvgIpc) is 2.62. The minimum atomic E-state index is 0.462. The molecular weight excluding hydrogens is 198 g/mol.